The SMILES string of the molecule is Cc1cccc(CCCN(C)C)c1. The lowest BCUT2D eigenvalue weighted by molar-refractivity contribution is 0.400. The minimum atomic E-state index is 1.17. The molecule has 0 aliphatic rings. The zero-order valence-electron chi connectivity index (χ0n) is 8.88. The Kier molecular flexibility index (Phi) is 3.97. The van der Waals surface area contributed by atoms with E-state index in [0.29, 0.717) is 0 Å². The first-order valence-corrected chi connectivity index (χ1v) is 4.89. The summed E-state index contributed by atoms with van der Waals surface area (Å²) in [6, 6.07) is 8.77. The fourth-order valence-corrected chi connectivity index (χ4v) is 1.47. The lowest BCUT2D eigenvalue weighted by atomic mass is 10.1. The number of hydrogen-bond donors (Lipinski definition) is 0. The second-order valence-corrected chi connectivity index (χ2v) is 3.90. The average Bonchev–Trinajstić information content (AvgIpc) is 2.03. The van der Waals surface area contributed by atoms with E-state index in [4.69, 9.17) is 0 Å². The molecule has 0 spiro atoms. The van der Waals surface area contributed by atoms with Gasteiger partial charge in [-0.2, -0.15) is 0 Å². The van der Waals surface area contributed by atoms with E-state index in [9.17, 15) is 0 Å². The van der Waals surface area contributed by atoms with Crippen molar-refractivity contribution in [3.05, 3.63) is 35.4 Å². The van der Waals surface area contributed by atoms with E-state index >= 15 is 0 Å². The van der Waals surface area contributed by atoms with Gasteiger partial charge < -0.3 is 4.90 Å². The third-order valence-electron chi connectivity index (χ3n) is 2.15. The van der Waals surface area contributed by atoms with Crippen LogP contribution in [0.25, 0.3) is 0 Å². The van der Waals surface area contributed by atoms with Gasteiger partial charge in [0.25, 0.3) is 0 Å². The summed E-state index contributed by atoms with van der Waals surface area (Å²) in [4.78, 5) is 2.23. The average molecular weight is 177 g/mol. The van der Waals surface area contributed by atoms with Crippen LogP contribution in [0.5, 0.6) is 0 Å². The fraction of sp³-hybridized carbons (Fsp3) is 0.500. The van der Waals surface area contributed by atoms with Crippen LogP contribution in [-0.4, -0.2) is 25.5 Å². The molecule has 1 aromatic rings. The second-order valence-electron chi connectivity index (χ2n) is 3.90. The maximum absolute atomic E-state index is 2.27. The smallest absolute Gasteiger partial charge is 0.00217 e. The van der Waals surface area contributed by atoms with E-state index in [-0.39, 0.29) is 0 Å². The van der Waals surface area contributed by atoms with Crippen molar-refractivity contribution in [3.63, 3.8) is 0 Å². The van der Waals surface area contributed by atoms with Crippen LogP contribution in [0.2, 0.25) is 0 Å². The first-order chi connectivity index (χ1) is 6.18. The van der Waals surface area contributed by atoms with Crippen molar-refractivity contribution in [1.82, 2.24) is 4.90 Å². The molecular weight excluding hydrogens is 158 g/mol. The molecule has 1 aromatic carbocycles. The van der Waals surface area contributed by atoms with E-state index in [1.807, 2.05) is 0 Å². The van der Waals surface area contributed by atoms with Gasteiger partial charge in [0.2, 0.25) is 0 Å². The van der Waals surface area contributed by atoms with Crippen molar-refractivity contribution in [3.8, 4) is 0 Å². The summed E-state index contributed by atoms with van der Waals surface area (Å²) >= 11 is 0. The molecule has 13 heavy (non-hydrogen) atoms. The number of benzene rings is 1. The lowest BCUT2D eigenvalue weighted by Crippen LogP contribution is -2.13. The van der Waals surface area contributed by atoms with Gasteiger partial charge in [0.05, 0.1) is 0 Å². The van der Waals surface area contributed by atoms with Crippen LogP contribution in [0.4, 0.5) is 0 Å². The van der Waals surface area contributed by atoms with E-state index in [2.05, 4.69) is 50.2 Å². The quantitative estimate of drug-likeness (QED) is 0.683. The Bertz CT molecular complexity index is 253. The molecule has 0 radical (unpaired) electrons. The van der Waals surface area contributed by atoms with Gasteiger partial charge in [-0.05, 0) is 46.0 Å². The predicted octanol–water partition coefficient (Wildman–Crippen LogP) is 2.49. The van der Waals surface area contributed by atoms with Gasteiger partial charge in [-0.3, -0.25) is 0 Å². The third kappa shape index (κ3) is 4.09. The minimum Gasteiger partial charge on any atom is -0.309 e. The highest BCUT2D eigenvalue weighted by atomic mass is 15.0. The van der Waals surface area contributed by atoms with Crippen molar-refractivity contribution in [1.29, 1.82) is 0 Å². The molecule has 0 heterocycles. The molecular formula is C12H19N. The van der Waals surface area contributed by atoms with Crippen molar-refractivity contribution < 1.29 is 0 Å². The highest BCUT2D eigenvalue weighted by Crippen LogP contribution is 2.06. The molecule has 0 aromatic heterocycles. The highest BCUT2D eigenvalue weighted by Gasteiger charge is 1.94. The van der Waals surface area contributed by atoms with Crippen LogP contribution in [0.1, 0.15) is 17.5 Å². The van der Waals surface area contributed by atoms with Gasteiger partial charge in [0, 0.05) is 0 Å². The van der Waals surface area contributed by atoms with Gasteiger partial charge >= 0.3 is 0 Å². The number of aryl methyl sites for hydroxylation is 2. The van der Waals surface area contributed by atoms with Crippen molar-refractivity contribution >= 4 is 0 Å². The van der Waals surface area contributed by atoms with Crippen molar-refractivity contribution in [2.45, 2.75) is 19.8 Å². The summed E-state index contributed by atoms with van der Waals surface area (Å²) in [6.07, 6.45) is 2.44. The minimum absolute atomic E-state index is 1.17. The molecule has 0 atom stereocenters. The Balaban J connectivity index is 2.37. The van der Waals surface area contributed by atoms with Crippen molar-refractivity contribution in [2.24, 2.45) is 0 Å². The van der Waals surface area contributed by atoms with Crippen LogP contribution >= 0.6 is 0 Å². The van der Waals surface area contributed by atoms with E-state index in [0.717, 1.165) is 0 Å². The van der Waals surface area contributed by atoms with Crippen molar-refractivity contribution in [2.75, 3.05) is 20.6 Å². The third-order valence-corrected chi connectivity index (χ3v) is 2.15. The molecule has 0 amide bonds. The maximum Gasteiger partial charge on any atom is -0.00217 e. The van der Waals surface area contributed by atoms with Crippen LogP contribution in [-0.2, 0) is 6.42 Å². The number of hydrogen-bond acceptors (Lipinski definition) is 1. The summed E-state index contributed by atoms with van der Waals surface area (Å²) in [5.74, 6) is 0. The second kappa shape index (κ2) is 5.03. The van der Waals surface area contributed by atoms with E-state index < -0.39 is 0 Å². The normalized spacial score (nSPS) is 10.8. The molecule has 1 heteroatoms. The molecule has 0 saturated heterocycles. The van der Waals surface area contributed by atoms with Crippen LogP contribution < -0.4 is 0 Å². The first kappa shape index (κ1) is 10.3. The monoisotopic (exact) mass is 177 g/mol. The van der Waals surface area contributed by atoms with Crippen LogP contribution in [0, 0.1) is 6.92 Å². The number of nitrogens with zero attached hydrogens (tertiary/aromatic N) is 1. The Morgan fingerprint density at radius 1 is 1.23 bits per heavy atom. The molecule has 0 saturated carbocycles. The zero-order valence-corrected chi connectivity index (χ0v) is 8.88. The summed E-state index contributed by atoms with van der Waals surface area (Å²) in [6.45, 7) is 3.32. The van der Waals surface area contributed by atoms with Gasteiger partial charge in [0.15, 0.2) is 0 Å². The topological polar surface area (TPSA) is 3.24 Å². The van der Waals surface area contributed by atoms with E-state index in [1.165, 1.54) is 30.5 Å². The summed E-state index contributed by atoms with van der Waals surface area (Å²) in [7, 11) is 4.24. The Morgan fingerprint density at radius 2 is 2.00 bits per heavy atom. The summed E-state index contributed by atoms with van der Waals surface area (Å²) in [5, 5.41) is 0. The number of rotatable bonds is 4. The fourth-order valence-electron chi connectivity index (χ4n) is 1.47. The molecule has 0 aliphatic carbocycles. The maximum atomic E-state index is 2.27. The van der Waals surface area contributed by atoms with Crippen LogP contribution in [0.15, 0.2) is 24.3 Å². The Labute approximate surface area is 81.4 Å². The van der Waals surface area contributed by atoms with Gasteiger partial charge in [-0.15, -0.1) is 0 Å². The molecule has 1 nitrogen and oxygen atoms in total. The molecule has 0 aliphatic heterocycles. The Morgan fingerprint density at radius 3 is 2.62 bits per heavy atom. The molecule has 0 N–H and O–H groups in total. The largest absolute Gasteiger partial charge is 0.309 e. The first-order valence-electron chi connectivity index (χ1n) is 4.89. The molecule has 0 bridgehead atoms. The van der Waals surface area contributed by atoms with E-state index in [1.54, 1.807) is 0 Å². The zero-order chi connectivity index (χ0) is 9.68. The van der Waals surface area contributed by atoms with Gasteiger partial charge in [0.1, 0.15) is 0 Å². The standard InChI is InChI=1S/C12H19N/c1-11-6-4-7-12(10-11)8-5-9-13(2)3/h4,6-7,10H,5,8-9H2,1-3H3. The molecule has 0 fully saturated rings. The molecule has 72 valence electrons. The molecule has 1 rings (SSSR count). The van der Waals surface area contributed by atoms with Gasteiger partial charge in [-0.1, -0.05) is 29.8 Å². The Hall–Kier alpha value is -0.820. The highest BCUT2D eigenvalue weighted by molar-refractivity contribution is 5.22. The lowest BCUT2D eigenvalue weighted by Gasteiger charge is -2.08. The summed E-state index contributed by atoms with van der Waals surface area (Å²) < 4.78 is 0. The van der Waals surface area contributed by atoms with Crippen LogP contribution in [0.3, 0.4) is 0 Å². The predicted molar refractivity (Wildman–Crippen MR) is 58.1 cm³/mol. The van der Waals surface area contributed by atoms with Gasteiger partial charge in [-0.25, -0.2) is 0 Å². The summed E-state index contributed by atoms with van der Waals surface area (Å²) in [5.41, 5.74) is 2.82. The molecule has 0 unspecified atom stereocenters.